The maximum Gasteiger partial charge on any atom is 0.265 e. The van der Waals surface area contributed by atoms with Crippen LogP contribution < -0.4 is 10.2 Å². The highest BCUT2D eigenvalue weighted by Crippen LogP contribution is 2.42. The quantitative estimate of drug-likeness (QED) is 0.539. The molecule has 1 N–H and O–H groups in total. The molecule has 0 spiro atoms. The minimum atomic E-state index is -0.108. The number of carbonyl (C=O) groups excluding carboxylic acids is 2. The van der Waals surface area contributed by atoms with Crippen LogP contribution in [0.15, 0.2) is 66.0 Å². The fraction of sp³-hybridized carbons (Fsp3) is 0.250. The predicted molar refractivity (Wildman–Crippen MR) is 127 cm³/mol. The molecule has 6 heteroatoms. The zero-order chi connectivity index (χ0) is 21.3. The summed E-state index contributed by atoms with van der Waals surface area (Å²) in [5.41, 5.74) is 4.02. The highest BCUT2D eigenvalue weighted by molar-refractivity contribution is 8.00. The number of nitrogens with zero attached hydrogens (tertiary/aromatic N) is 1. The zero-order valence-electron chi connectivity index (χ0n) is 17.2. The summed E-state index contributed by atoms with van der Waals surface area (Å²) in [7, 11) is 0. The molecule has 2 amide bonds. The monoisotopic (exact) mass is 436 g/mol. The summed E-state index contributed by atoms with van der Waals surface area (Å²) in [5, 5.41) is 4.73. The van der Waals surface area contributed by atoms with Crippen LogP contribution in [0.3, 0.4) is 0 Å². The van der Waals surface area contributed by atoms with E-state index in [2.05, 4.69) is 38.2 Å². The molecular weight excluding hydrogens is 412 g/mol. The summed E-state index contributed by atoms with van der Waals surface area (Å²) in [5.74, 6) is 0.468. The van der Waals surface area contributed by atoms with E-state index >= 15 is 0 Å². The second-order valence-corrected chi connectivity index (χ2v) is 10.3. The number of thioether (sulfide) groups is 1. The number of hydrogen-bond acceptors (Lipinski definition) is 4. The van der Waals surface area contributed by atoms with Gasteiger partial charge in [-0.15, -0.1) is 23.1 Å². The smallest absolute Gasteiger partial charge is 0.265 e. The van der Waals surface area contributed by atoms with Crippen molar-refractivity contribution in [2.75, 3.05) is 16.0 Å². The molecular formula is C24H24N2O2S2. The maximum atomic E-state index is 12.6. The van der Waals surface area contributed by atoms with E-state index in [0.29, 0.717) is 10.6 Å². The maximum absolute atomic E-state index is 12.6. The first-order valence-corrected chi connectivity index (χ1v) is 11.7. The van der Waals surface area contributed by atoms with Crippen LogP contribution in [0.25, 0.3) is 0 Å². The lowest BCUT2D eigenvalue weighted by atomic mass is 9.87. The lowest BCUT2D eigenvalue weighted by molar-refractivity contribution is -0.115. The normalized spacial score (nSPS) is 16.7. The summed E-state index contributed by atoms with van der Waals surface area (Å²) < 4.78 is 0. The van der Waals surface area contributed by atoms with Crippen LogP contribution in [0.4, 0.5) is 11.4 Å². The van der Waals surface area contributed by atoms with Crippen molar-refractivity contribution >= 4 is 46.3 Å². The van der Waals surface area contributed by atoms with Crippen molar-refractivity contribution in [1.29, 1.82) is 0 Å². The van der Waals surface area contributed by atoms with Crippen LogP contribution in [-0.2, 0) is 10.2 Å². The molecule has 1 saturated heterocycles. The Morgan fingerprint density at radius 1 is 1.03 bits per heavy atom. The highest BCUT2D eigenvalue weighted by Gasteiger charge is 2.34. The van der Waals surface area contributed by atoms with E-state index in [1.54, 1.807) is 17.8 Å². The number of benzene rings is 2. The first-order chi connectivity index (χ1) is 14.3. The molecule has 0 radical (unpaired) electrons. The van der Waals surface area contributed by atoms with Gasteiger partial charge in [0.2, 0.25) is 5.91 Å². The third-order valence-electron chi connectivity index (χ3n) is 5.08. The summed E-state index contributed by atoms with van der Waals surface area (Å²) in [4.78, 5) is 27.4. The van der Waals surface area contributed by atoms with Crippen LogP contribution in [0.2, 0.25) is 0 Å². The van der Waals surface area contributed by atoms with Gasteiger partial charge in [-0.25, -0.2) is 0 Å². The molecule has 154 valence electrons. The largest absolute Gasteiger partial charge is 0.321 e. The van der Waals surface area contributed by atoms with Crippen molar-refractivity contribution in [3.8, 4) is 0 Å². The van der Waals surface area contributed by atoms with E-state index in [1.165, 1.54) is 16.9 Å². The first kappa shape index (κ1) is 20.7. The van der Waals surface area contributed by atoms with Gasteiger partial charge in [-0.2, -0.15) is 0 Å². The Labute approximate surface area is 185 Å². The van der Waals surface area contributed by atoms with Crippen molar-refractivity contribution in [1.82, 2.24) is 0 Å². The Hall–Kier alpha value is -2.57. The van der Waals surface area contributed by atoms with Gasteiger partial charge in [-0.3, -0.25) is 14.5 Å². The van der Waals surface area contributed by atoms with Crippen LogP contribution in [0.5, 0.6) is 0 Å². The molecule has 0 bridgehead atoms. The average molecular weight is 437 g/mol. The van der Waals surface area contributed by atoms with E-state index in [-0.39, 0.29) is 22.6 Å². The number of nitrogens with one attached hydrogen (secondary N) is 1. The molecule has 1 fully saturated rings. The number of anilines is 2. The van der Waals surface area contributed by atoms with E-state index in [1.807, 2.05) is 52.7 Å². The molecule has 1 aromatic heterocycles. The van der Waals surface area contributed by atoms with Crippen LogP contribution >= 0.6 is 23.1 Å². The van der Waals surface area contributed by atoms with Gasteiger partial charge in [0.1, 0.15) is 5.37 Å². The number of hydrogen-bond donors (Lipinski definition) is 1. The van der Waals surface area contributed by atoms with Gasteiger partial charge in [0.15, 0.2) is 0 Å². The van der Waals surface area contributed by atoms with Gasteiger partial charge in [-0.1, -0.05) is 51.1 Å². The third kappa shape index (κ3) is 4.30. The van der Waals surface area contributed by atoms with Crippen molar-refractivity contribution in [3.63, 3.8) is 0 Å². The zero-order valence-corrected chi connectivity index (χ0v) is 18.8. The number of rotatable bonds is 4. The summed E-state index contributed by atoms with van der Waals surface area (Å²) in [6.07, 6.45) is 0. The molecule has 0 saturated carbocycles. The van der Waals surface area contributed by atoms with Gasteiger partial charge in [-0.05, 0) is 52.3 Å². The van der Waals surface area contributed by atoms with Gasteiger partial charge in [0.05, 0.1) is 10.6 Å². The molecule has 1 atom stereocenters. The second kappa shape index (κ2) is 8.28. The second-order valence-electron chi connectivity index (χ2n) is 8.28. The Bertz CT molecular complexity index is 1040. The van der Waals surface area contributed by atoms with E-state index in [9.17, 15) is 9.59 Å². The third-order valence-corrected chi connectivity index (χ3v) is 7.16. The lowest BCUT2D eigenvalue weighted by Gasteiger charge is -2.26. The standard InChI is InChI=1S/C24H24N2O2S2/c1-24(2,3)17-8-12-19(13-9-17)26-21(27)15-30-23(26)16-6-10-18(11-7-16)25-22(28)20-5-4-14-29-20/h4-14,23H,15H2,1-3H3,(H,25,28). The minimum Gasteiger partial charge on any atom is -0.321 e. The predicted octanol–water partition coefficient (Wildman–Crippen LogP) is 6.08. The molecule has 1 unspecified atom stereocenters. The van der Waals surface area contributed by atoms with E-state index in [4.69, 9.17) is 0 Å². The fourth-order valence-corrected chi connectivity index (χ4v) is 5.20. The number of carbonyl (C=O) groups is 2. The van der Waals surface area contributed by atoms with E-state index in [0.717, 1.165) is 16.9 Å². The molecule has 0 aliphatic carbocycles. The minimum absolute atomic E-state index is 0.0694. The molecule has 4 nitrogen and oxygen atoms in total. The van der Waals surface area contributed by atoms with Crippen LogP contribution in [0, 0.1) is 0 Å². The van der Waals surface area contributed by atoms with Crippen molar-refractivity contribution in [2.24, 2.45) is 0 Å². The molecule has 3 aromatic rings. The molecule has 1 aliphatic heterocycles. The topological polar surface area (TPSA) is 49.4 Å². The average Bonchev–Trinajstić information content (AvgIpc) is 3.38. The Balaban J connectivity index is 1.52. The van der Waals surface area contributed by atoms with Crippen molar-refractivity contribution in [2.45, 2.75) is 31.6 Å². The van der Waals surface area contributed by atoms with Crippen molar-refractivity contribution < 1.29 is 9.59 Å². The first-order valence-electron chi connectivity index (χ1n) is 9.82. The summed E-state index contributed by atoms with van der Waals surface area (Å²) in [6, 6.07) is 19.7. The molecule has 2 heterocycles. The number of amides is 2. The molecule has 2 aromatic carbocycles. The van der Waals surface area contributed by atoms with Crippen molar-refractivity contribution in [3.05, 3.63) is 82.0 Å². The van der Waals surface area contributed by atoms with Crippen LogP contribution in [0.1, 0.15) is 46.9 Å². The van der Waals surface area contributed by atoms with Crippen LogP contribution in [-0.4, -0.2) is 17.6 Å². The Kier molecular flexibility index (Phi) is 5.71. The summed E-state index contributed by atoms with van der Waals surface area (Å²) >= 11 is 3.04. The van der Waals surface area contributed by atoms with Gasteiger partial charge in [0.25, 0.3) is 5.91 Å². The lowest BCUT2D eigenvalue weighted by Crippen LogP contribution is -2.28. The Morgan fingerprint density at radius 2 is 1.73 bits per heavy atom. The van der Waals surface area contributed by atoms with Gasteiger partial charge < -0.3 is 5.32 Å². The SMILES string of the molecule is CC(C)(C)c1ccc(N2C(=O)CSC2c2ccc(NC(=O)c3cccs3)cc2)cc1. The molecule has 4 rings (SSSR count). The van der Waals surface area contributed by atoms with E-state index < -0.39 is 0 Å². The van der Waals surface area contributed by atoms with Gasteiger partial charge in [0, 0.05) is 11.4 Å². The molecule has 1 aliphatic rings. The highest BCUT2D eigenvalue weighted by atomic mass is 32.2. The fourth-order valence-electron chi connectivity index (χ4n) is 3.40. The Morgan fingerprint density at radius 3 is 2.33 bits per heavy atom. The molecule has 30 heavy (non-hydrogen) atoms. The summed E-state index contributed by atoms with van der Waals surface area (Å²) in [6.45, 7) is 6.54. The van der Waals surface area contributed by atoms with Gasteiger partial charge >= 0.3 is 0 Å². The number of thiophene rings is 1.